The van der Waals surface area contributed by atoms with Crippen molar-refractivity contribution in [2.45, 2.75) is 71.2 Å². The molecule has 0 radical (unpaired) electrons. The summed E-state index contributed by atoms with van der Waals surface area (Å²) in [6, 6.07) is 22.5. The average molecular weight is 477 g/mol. The lowest BCUT2D eigenvalue weighted by Crippen LogP contribution is -2.88. The molecule has 0 amide bonds. The summed E-state index contributed by atoms with van der Waals surface area (Å²) in [7, 11) is -5.48. The van der Waals surface area contributed by atoms with E-state index in [1.807, 2.05) is 0 Å². The molecule has 0 saturated carbocycles. The molecule has 1 aliphatic rings. The fraction of sp³-hybridized carbons (Fsp3) is 0.455. The lowest BCUT2D eigenvalue weighted by molar-refractivity contribution is 1.35. The molecule has 2 unspecified atom stereocenters. The van der Waals surface area contributed by atoms with Gasteiger partial charge in [-0.25, -0.2) is 0 Å². The molecule has 2 aromatic carbocycles. The van der Waals surface area contributed by atoms with Crippen LogP contribution in [0.15, 0.2) is 70.5 Å². The quantitative estimate of drug-likeness (QED) is 0.420. The summed E-state index contributed by atoms with van der Waals surface area (Å²) < 4.78 is 1.79. The first-order valence-corrected chi connectivity index (χ1v) is 26.4. The number of thioether (sulfide) groups is 2. The number of rotatable bonds is 4. The third kappa shape index (κ3) is 3.73. The first-order valence-electron chi connectivity index (χ1n) is 10.4. The maximum absolute atomic E-state index is 2.78. The van der Waals surface area contributed by atoms with E-state index in [9.17, 15) is 0 Å². The van der Waals surface area contributed by atoms with Crippen LogP contribution in [0, 0.1) is 0 Å². The maximum atomic E-state index is 2.78. The Morgan fingerprint density at radius 2 is 0.857 bits per heavy atom. The SMILES string of the molecule is C[Si]1(C)C(Sc2ccccc2)[Si](C)(C)[Si](C)(C)[Si](C)(C)C1Sc1ccccc1. The molecular weight excluding hydrogens is 441 g/mol. The van der Waals surface area contributed by atoms with E-state index < -0.39 is 30.4 Å². The first kappa shape index (κ1) is 22.7. The van der Waals surface area contributed by atoms with E-state index in [0.29, 0.717) is 0 Å². The number of benzene rings is 2. The highest BCUT2D eigenvalue weighted by molar-refractivity contribution is 8.10. The average Bonchev–Trinajstić information content (AvgIpc) is 2.64. The predicted octanol–water partition coefficient (Wildman–Crippen LogP) is 7.47. The smallest absolute Gasteiger partial charge is 0.0694 e. The maximum Gasteiger partial charge on any atom is 0.0694 e. The van der Waals surface area contributed by atoms with Crippen LogP contribution in [0.1, 0.15) is 0 Å². The van der Waals surface area contributed by atoms with Gasteiger partial charge in [-0.1, -0.05) is 88.8 Å². The van der Waals surface area contributed by atoms with Gasteiger partial charge in [0.15, 0.2) is 0 Å². The van der Waals surface area contributed by atoms with Crippen LogP contribution in [-0.4, -0.2) is 39.4 Å². The molecule has 152 valence electrons. The molecule has 0 N–H and O–H groups in total. The minimum atomic E-state index is -1.49. The second kappa shape index (κ2) is 7.93. The molecule has 0 spiro atoms. The van der Waals surface area contributed by atoms with Gasteiger partial charge in [0, 0.05) is 16.9 Å². The van der Waals surface area contributed by atoms with E-state index in [2.05, 4.69) is 137 Å². The minimum absolute atomic E-state index is 0.894. The molecule has 2 atom stereocenters. The van der Waals surface area contributed by atoms with Crippen molar-refractivity contribution in [1.82, 2.24) is 0 Å². The second-order valence-electron chi connectivity index (χ2n) is 10.5. The zero-order valence-electron chi connectivity index (χ0n) is 18.7. The van der Waals surface area contributed by atoms with Gasteiger partial charge in [0.1, 0.15) is 0 Å². The third-order valence-corrected chi connectivity index (χ3v) is 74.2. The zero-order chi connectivity index (χ0) is 20.8. The summed E-state index contributed by atoms with van der Waals surface area (Å²) in [5, 5.41) is 0. The lowest BCUT2D eigenvalue weighted by Gasteiger charge is -2.65. The topological polar surface area (TPSA) is 0 Å². The summed E-state index contributed by atoms with van der Waals surface area (Å²) in [4.78, 5) is 2.98. The van der Waals surface area contributed by atoms with E-state index in [-0.39, 0.29) is 0 Å². The molecule has 0 bridgehead atoms. The summed E-state index contributed by atoms with van der Waals surface area (Å²) >= 11 is 4.53. The summed E-state index contributed by atoms with van der Waals surface area (Å²) in [6.07, 6.45) is 0. The summed E-state index contributed by atoms with van der Waals surface area (Å²) in [6.45, 7) is 22.1. The second-order valence-corrected chi connectivity index (χ2v) is 48.5. The van der Waals surface area contributed by atoms with Crippen LogP contribution < -0.4 is 0 Å². The van der Waals surface area contributed by atoms with Crippen LogP contribution in [0.2, 0.25) is 52.4 Å². The molecule has 2 aromatic rings. The Labute approximate surface area is 184 Å². The Morgan fingerprint density at radius 1 is 0.536 bits per heavy atom. The Bertz CT molecular complexity index is 738. The lowest BCUT2D eigenvalue weighted by atomic mass is 10.4. The standard InChI is InChI=1S/C22H36S2Si4/c1-25(2)21(23-19-15-11-9-12-16-19)26(3,4)28(7,8)27(5,6)22(25)24-20-17-13-10-14-18-20/h9-18,21-22H,1-8H3. The Morgan fingerprint density at radius 3 is 1.18 bits per heavy atom. The van der Waals surface area contributed by atoms with E-state index in [1.54, 1.807) is 0 Å². The van der Waals surface area contributed by atoms with Gasteiger partial charge in [-0.15, -0.1) is 23.5 Å². The van der Waals surface area contributed by atoms with Crippen molar-refractivity contribution in [3.05, 3.63) is 60.7 Å². The van der Waals surface area contributed by atoms with Crippen LogP contribution in [0.3, 0.4) is 0 Å². The van der Waals surface area contributed by atoms with Gasteiger partial charge in [-0.2, -0.15) is 0 Å². The Hall–Kier alpha value is 0.00753. The van der Waals surface area contributed by atoms with E-state index in [1.165, 1.54) is 9.79 Å². The molecule has 1 heterocycles. The van der Waals surface area contributed by atoms with Gasteiger partial charge < -0.3 is 0 Å². The van der Waals surface area contributed by atoms with Gasteiger partial charge in [-0.3, -0.25) is 0 Å². The molecule has 0 nitrogen and oxygen atoms in total. The van der Waals surface area contributed by atoms with Crippen molar-refractivity contribution < 1.29 is 0 Å². The fourth-order valence-electron chi connectivity index (χ4n) is 5.35. The monoisotopic (exact) mass is 476 g/mol. The van der Waals surface area contributed by atoms with Crippen molar-refractivity contribution in [2.75, 3.05) is 0 Å². The van der Waals surface area contributed by atoms with Gasteiger partial charge in [-0.05, 0) is 33.3 Å². The predicted molar refractivity (Wildman–Crippen MR) is 142 cm³/mol. The fourth-order valence-corrected chi connectivity index (χ4v) is 84.9. The molecule has 28 heavy (non-hydrogen) atoms. The van der Waals surface area contributed by atoms with Crippen molar-refractivity contribution >= 4 is 53.9 Å². The van der Waals surface area contributed by atoms with Crippen molar-refractivity contribution in [1.29, 1.82) is 0 Å². The van der Waals surface area contributed by atoms with Gasteiger partial charge in [0.05, 0.1) is 23.3 Å². The van der Waals surface area contributed by atoms with E-state index in [4.69, 9.17) is 0 Å². The van der Waals surface area contributed by atoms with Gasteiger partial charge >= 0.3 is 0 Å². The number of hydrogen-bond donors (Lipinski definition) is 0. The van der Waals surface area contributed by atoms with Crippen molar-refractivity contribution in [3.8, 4) is 0 Å². The summed E-state index contributed by atoms with van der Waals surface area (Å²) in [5.41, 5.74) is 0. The minimum Gasteiger partial charge on any atom is -0.129 e. The molecule has 3 rings (SSSR count). The van der Waals surface area contributed by atoms with E-state index >= 15 is 0 Å². The first-order chi connectivity index (χ1) is 12.9. The van der Waals surface area contributed by atoms with Crippen LogP contribution in [0.25, 0.3) is 0 Å². The largest absolute Gasteiger partial charge is 0.129 e. The third-order valence-electron chi connectivity index (χ3n) is 7.88. The van der Waals surface area contributed by atoms with Crippen molar-refractivity contribution in [3.63, 3.8) is 0 Å². The molecular formula is C22H36S2Si4. The molecule has 6 heteroatoms. The number of hydrogen-bond acceptors (Lipinski definition) is 2. The van der Waals surface area contributed by atoms with Crippen LogP contribution in [0.5, 0.6) is 0 Å². The highest BCUT2D eigenvalue weighted by Crippen LogP contribution is 2.54. The molecule has 1 aliphatic heterocycles. The van der Waals surface area contributed by atoms with Crippen LogP contribution in [-0.2, 0) is 0 Å². The van der Waals surface area contributed by atoms with E-state index in [0.717, 1.165) is 8.99 Å². The van der Waals surface area contributed by atoms with Gasteiger partial charge in [0.2, 0.25) is 0 Å². The van der Waals surface area contributed by atoms with Crippen molar-refractivity contribution in [2.24, 2.45) is 0 Å². The highest BCUT2D eigenvalue weighted by Gasteiger charge is 2.69. The molecule has 1 saturated heterocycles. The Balaban J connectivity index is 2.08. The molecule has 0 aromatic heterocycles. The highest BCUT2D eigenvalue weighted by atomic mass is 32.2. The zero-order valence-corrected chi connectivity index (χ0v) is 24.4. The Kier molecular flexibility index (Phi) is 6.42. The summed E-state index contributed by atoms with van der Waals surface area (Å²) in [5.74, 6) is 0. The molecule has 0 aliphatic carbocycles. The van der Waals surface area contributed by atoms with Crippen LogP contribution >= 0.6 is 23.5 Å². The van der Waals surface area contributed by atoms with Gasteiger partial charge in [0.25, 0.3) is 0 Å². The normalized spacial score (nSPS) is 27.3. The molecule has 1 fully saturated rings. The van der Waals surface area contributed by atoms with Crippen LogP contribution in [0.4, 0.5) is 0 Å².